The summed E-state index contributed by atoms with van der Waals surface area (Å²) in [7, 11) is 1.94. The molecule has 1 aromatic heterocycles. The number of rotatable bonds is 7. The second kappa shape index (κ2) is 7.64. The van der Waals surface area contributed by atoms with Gasteiger partial charge in [0.15, 0.2) is 0 Å². The molecule has 0 bridgehead atoms. The average molecular weight is 314 g/mol. The van der Waals surface area contributed by atoms with Crippen LogP contribution >= 0.6 is 0 Å². The molecule has 3 rings (SSSR count). The molecule has 0 saturated heterocycles. The zero-order chi connectivity index (χ0) is 16.1. The summed E-state index contributed by atoms with van der Waals surface area (Å²) in [5.74, 6) is 1.30. The molecule has 2 aromatic rings. The molecule has 0 radical (unpaired) electrons. The van der Waals surface area contributed by atoms with Gasteiger partial charge >= 0.3 is 5.97 Å². The zero-order valence-electron chi connectivity index (χ0n) is 13.9. The molecule has 2 N–H and O–H groups in total. The smallest absolute Gasteiger partial charge is 0.311 e. The zero-order valence-corrected chi connectivity index (χ0v) is 13.9. The summed E-state index contributed by atoms with van der Waals surface area (Å²) in [4.78, 5) is 15.5. The minimum absolute atomic E-state index is 0.106. The Balaban J connectivity index is 1.68. The molecule has 23 heavy (non-hydrogen) atoms. The van der Waals surface area contributed by atoms with Crippen molar-refractivity contribution in [3.05, 3.63) is 30.0 Å². The third kappa shape index (κ3) is 3.94. The van der Waals surface area contributed by atoms with Crippen molar-refractivity contribution in [1.29, 1.82) is 0 Å². The summed E-state index contributed by atoms with van der Waals surface area (Å²) in [6.07, 6.45) is 9.59. The highest BCUT2D eigenvalue weighted by atomic mass is 16.5. The van der Waals surface area contributed by atoms with Gasteiger partial charge < -0.3 is 15.0 Å². The van der Waals surface area contributed by atoms with Crippen molar-refractivity contribution in [2.45, 2.75) is 44.9 Å². The number of carbonyl (C=O) groups excluding carboxylic acids is 1. The Bertz CT molecular complexity index is 656. The van der Waals surface area contributed by atoms with E-state index in [-0.39, 0.29) is 5.97 Å². The lowest BCUT2D eigenvalue weighted by Crippen LogP contribution is -2.11. The van der Waals surface area contributed by atoms with Crippen LogP contribution in [0.25, 0.3) is 10.9 Å². The van der Waals surface area contributed by atoms with Crippen LogP contribution < -0.4 is 10.1 Å². The SMILES string of the molecule is CNCCc1c[nH]c2cccc(OC(=O)CCC3CCCC3)c12. The number of likely N-dealkylation sites (N-methyl/N-ethyl adjacent to an activating group) is 1. The van der Waals surface area contributed by atoms with Gasteiger partial charge in [0, 0.05) is 23.5 Å². The van der Waals surface area contributed by atoms with Crippen LogP contribution in [0.1, 0.15) is 44.1 Å². The molecule has 1 aliphatic rings. The Morgan fingerprint density at radius 3 is 2.96 bits per heavy atom. The number of esters is 1. The van der Waals surface area contributed by atoms with E-state index < -0.39 is 0 Å². The Morgan fingerprint density at radius 1 is 1.35 bits per heavy atom. The summed E-state index contributed by atoms with van der Waals surface area (Å²) >= 11 is 0. The first kappa shape index (κ1) is 16.1. The fraction of sp³-hybridized carbons (Fsp3) is 0.526. The van der Waals surface area contributed by atoms with Crippen molar-refractivity contribution in [3.63, 3.8) is 0 Å². The Hall–Kier alpha value is -1.81. The highest BCUT2D eigenvalue weighted by Gasteiger charge is 2.18. The van der Waals surface area contributed by atoms with Gasteiger partial charge in [-0.3, -0.25) is 4.79 Å². The monoisotopic (exact) mass is 314 g/mol. The van der Waals surface area contributed by atoms with Gasteiger partial charge in [0.2, 0.25) is 0 Å². The molecule has 0 spiro atoms. The van der Waals surface area contributed by atoms with Crippen molar-refractivity contribution in [2.75, 3.05) is 13.6 Å². The van der Waals surface area contributed by atoms with Gasteiger partial charge in [-0.15, -0.1) is 0 Å². The predicted molar refractivity (Wildman–Crippen MR) is 92.8 cm³/mol. The summed E-state index contributed by atoms with van der Waals surface area (Å²) in [5, 5.41) is 4.20. The lowest BCUT2D eigenvalue weighted by Gasteiger charge is -2.10. The lowest BCUT2D eigenvalue weighted by molar-refractivity contribution is -0.134. The maximum Gasteiger partial charge on any atom is 0.311 e. The standard InChI is InChI=1S/C19H26N2O2/c1-20-12-11-15-13-21-16-7-4-8-17(19(15)16)23-18(22)10-9-14-5-2-3-6-14/h4,7-8,13-14,20-21H,2-3,5-6,9-12H2,1H3. The number of ether oxygens (including phenoxy) is 1. The van der Waals surface area contributed by atoms with Crippen molar-refractivity contribution < 1.29 is 9.53 Å². The topological polar surface area (TPSA) is 54.1 Å². The van der Waals surface area contributed by atoms with E-state index in [9.17, 15) is 4.79 Å². The van der Waals surface area contributed by atoms with Gasteiger partial charge in [0.25, 0.3) is 0 Å². The van der Waals surface area contributed by atoms with Crippen molar-refractivity contribution in [2.24, 2.45) is 5.92 Å². The summed E-state index contributed by atoms with van der Waals surface area (Å²) in [6, 6.07) is 5.85. The normalized spacial score (nSPS) is 15.3. The first-order valence-corrected chi connectivity index (χ1v) is 8.72. The molecule has 1 fully saturated rings. The molecular weight excluding hydrogens is 288 g/mol. The second-order valence-electron chi connectivity index (χ2n) is 6.51. The Kier molecular flexibility index (Phi) is 5.34. The van der Waals surface area contributed by atoms with Crippen LogP contribution in [0, 0.1) is 5.92 Å². The minimum atomic E-state index is -0.106. The van der Waals surface area contributed by atoms with Gasteiger partial charge in [0.05, 0.1) is 0 Å². The number of carbonyl (C=O) groups is 1. The summed E-state index contributed by atoms with van der Waals surface area (Å²) < 4.78 is 5.69. The van der Waals surface area contributed by atoms with Gasteiger partial charge in [-0.05, 0) is 50.0 Å². The molecule has 4 nitrogen and oxygen atoms in total. The molecule has 1 heterocycles. The molecule has 0 amide bonds. The first-order chi connectivity index (χ1) is 11.3. The molecule has 0 aliphatic heterocycles. The fourth-order valence-corrected chi connectivity index (χ4v) is 3.56. The molecule has 1 aliphatic carbocycles. The van der Waals surface area contributed by atoms with Crippen LogP contribution in [-0.4, -0.2) is 24.5 Å². The van der Waals surface area contributed by atoms with E-state index in [1.165, 1.54) is 31.2 Å². The maximum absolute atomic E-state index is 12.2. The van der Waals surface area contributed by atoms with E-state index >= 15 is 0 Å². The predicted octanol–water partition coefficient (Wildman–Crippen LogP) is 3.81. The van der Waals surface area contributed by atoms with Crippen LogP contribution in [-0.2, 0) is 11.2 Å². The van der Waals surface area contributed by atoms with Gasteiger partial charge in [-0.2, -0.15) is 0 Å². The quantitative estimate of drug-likeness (QED) is 0.603. The van der Waals surface area contributed by atoms with Gasteiger partial charge in [-0.25, -0.2) is 0 Å². The van der Waals surface area contributed by atoms with Crippen LogP contribution in [0.4, 0.5) is 0 Å². The van der Waals surface area contributed by atoms with Crippen molar-refractivity contribution >= 4 is 16.9 Å². The number of benzene rings is 1. The number of hydrogen-bond acceptors (Lipinski definition) is 3. The Labute approximate surface area is 137 Å². The highest BCUT2D eigenvalue weighted by molar-refractivity contribution is 5.91. The lowest BCUT2D eigenvalue weighted by atomic mass is 10.0. The van der Waals surface area contributed by atoms with Gasteiger partial charge in [0.1, 0.15) is 5.75 Å². The van der Waals surface area contributed by atoms with E-state index in [1.54, 1.807) is 0 Å². The Morgan fingerprint density at radius 2 is 2.17 bits per heavy atom. The molecule has 0 atom stereocenters. The van der Waals surface area contributed by atoms with Crippen LogP contribution in [0.15, 0.2) is 24.4 Å². The second-order valence-corrected chi connectivity index (χ2v) is 6.51. The van der Waals surface area contributed by atoms with Gasteiger partial charge in [-0.1, -0.05) is 31.7 Å². The minimum Gasteiger partial charge on any atom is -0.426 e. The van der Waals surface area contributed by atoms with E-state index in [0.29, 0.717) is 12.2 Å². The molecule has 4 heteroatoms. The maximum atomic E-state index is 12.2. The molecule has 1 saturated carbocycles. The third-order valence-electron chi connectivity index (χ3n) is 4.85. The van der Waals surface area contributed by atoms with Crippen LogP contribution in [0.5, 0.6) is 5.75 Å². The van der Waals surface area contributed by atoms with Crippen LogP contribution in [0.2, 0.25) is 0 Å². The first-order valence-electron chi connectivity index (χ1n) is 8.72. The number of aromatic nitrogens is 1. The third-order valence-corrected chi connectivity index (χ3v) is 4.85. The molecule has 1 aromatic carbocycles. The van der Waals surface area contributed by atoms with E-state index in [2.05, 4.69) is 10.3 Å². The van der Waals surface area contributed by atoms with Crippen LogP contribution in [0.3, 0.4) is 0 Å². The number of hydrogen-bond donors (Lipinski definition) is 2. The summed E-state index contributed by atoms with van der Waals surface area (Å²) in [6.45, 7) is 0.900. The van der Waals surface area contributed by atoms with Crippen molar-refractivity contribution in [1.82, 2.24) is 10.3 Å². The fourth-order valence-electron chi connectivity index (χ4n) is 3.56. The number of fused-ring (bicyclic) bond motifs is 1. The van der Waals surface area contributed by atoms with Crippen molar-refractivity contribution in [3.8, 4) is 5.75 Å². The average Bonchev–Trinajstić information content (AvgIpc) is 3.21. The number of aromatic amines is 1. The molecule has 0 unspecified atom stereocenters. The van der Waals surface area contributed by atoms with E-state index in [1.807, 2.05) is 31.4 Å². The van der Waals surface area contributed by atoms with E-state index in [4.69, 9.17) is 4.74 Å². The summed E-state index contributed by atoms with van der Waals surface area (Å²) in [5.41, 5.74) is 2.21. The number of H-pyrrole nitrogens is 1. The highest BCUT2D eigenvalue weighted by Crippen LogP contribution is 2.31. The number of nitrogens with one attached hydrogen (secondary N) is 2. The molecule has 124 valence electrons. The largest absolute Gasteiger partial charge is 0.426 e. The van der Waals surface area contributed by atoms with E-state index in [0.717, 1.165) is 36.2 Å². The molecular formula is C19H26N2O2.